The minimum absolute atomic E-state index is 0.101. The Balaban J connectivity index is 1.88. The van der Waals surface area contributed by atoms with Gasteiger partial charge in [0, 0.05) is 0 Å². The molecule has 3 aliphatic rings. The summed E-state index contributed by atoms with van der Waals surface area (Å²) in [5.41, 5.74) is 0. The summed E-state index contributed by atoms with van der Waals surface area (Å²) in [6, 6.07) is 0. The topological polar surface area (TPSA) is 31.0 Å². The monoisotopic (exact) mass is 168 g/mol. The first kappa shape index (κ1) is 7.06. The minimum atomic E-state index is -0.444. The van der Waals surface area contributed by atoms with E-state index in [0.717, 1.165) is 0 Å². The fourth-order valence-corrected chi connectivity index (χ4v) is 1.99. The number of ether oxygens (including phenoxy) is 3. The van der Waals surface area contributed by atoms with Gasteiger partial charge in [0.1, 0.15) is 24.4 Å². The second kappa shape index (κ2) is 1.92. The van der Waals surface area contributed by atoms with E-state index in [1.807, 2.05) is 19.9 Å². The van der Waals surface area contributed by atoms with Gasteiger partial charge in [-0.1, -0.05) is 12.2 Å². The van der Waals surface area contributed by atoms with Crippen LogP contribution in [0.25, 0.3) is 0 Å². The molecule has 2 aliphatic heterocycles. The first-order valence-corrected chi connectivity index (χ1v) is 4.35. The maximum atomic E-state index is 5.71. The van der Waals surface area contributed by atoms with Crippen LogP contribution < -0.4 is 0 Å². The normalized spacial score (nSPS) is 53.2. The van der Waals surface area contributed by atoms with Gasteiger partial charge in [-0.2, -0.15) is 0 Å². The lowest BCUT2D eigenvalue weighted by molar-refractivity contribution is -0.144. The van der Waals surface area contributed by atoms with Crippen LogP contribution >= 0.6 is 0 Å². The first-order valence-electron chi connectivity index (χ1n) is 4.35. The van der Waals surface area contributed by atoms with Crippen molar-refractivity contribution in [3.63, 3.8) is 0 Å². The molecule has 2 saturated heterocycles. The first-order chi connectivity index (χ1) is 5.66. The van der Waals surface area contributed by atoms with E-state index in [9.17, 15) is 0 Å². The highest BCUT2D eigenvalue weighted by atomic mass is 16.8. The molecule has 2 fully saturated rings. The van der Waals surface area contributed by atoms with Gasteiger partial charge in [0.2, 0.25) is 0 Å². The number of epoxide rings is 1. The van der Waals surface area contributed by atoms with Crippen LogP contribution in [0.4, 0.5) is 0 Å². The summed E-state index contributed by atoms with van der Waals surface area (Å²) >= 11 is 0. The Morgan fingerprint density at radius 3 is 2.58 bits per heavy atom. The molecule has 12 heavy (non-hydrogen) atoms. The molecule has 0 spiro atoms. The smallest absolute Gasteiger partial charge is 0.164 e. The molecule has 3 rings (SSSR count). The highest BCUT2D eigenvalue weighted by Crippen LogP contribution is 2.42. The Bertz CT molecular complexity index is 246. The van der Waals surface area contributed by atoms with Gasteiger partial charge >= 0.3 is 0 Å². The maximum absolute atomic E-state index is 5.71. The van der Waals surface area contributed by atoms with E-state index in [4.69, 9.17) is 14.2 Å². The Morgan fingerprint density at radius 2 is 1.75 bits per heavy atom. The lowest BCUT2D eigenvalue weighted by atomic mass is 10.0. The van der Waals surface area contributed by atoms with Crippen molar-refractivity contribution in [3.05, 3.63) is 12.2 Å². The molecule has 3 nitrogen and oxygen atoms in total. The van der Waals surface area contributed by atoms with Crippen LogP contribution in [0.5, 0.6) is 0 Å². The number of hydrogen-bond acceptors (Lipinski definition) is 3. The molecule has 1 aliphatic carbocycles. The van der Waals surface area contributed by atoms with E-state index >= 15 is 0 Å². The third-order valence-corrected chi connectivity index (χ3v) is 2.54. The molecule has 0 N–H and O–H groups in total. The molecule has 0 aromatic heterocycles. The molecule has 0 aromatic rings. The quantitative estimate of drug-likeness (QED) is 0.397. The summed E-state index contributed by atoms with van der Waals surface area (Å²) in [5.74, 6) is -0.444. The lowest BCUT2D eigenvalue weighted by Gasteiger charge is -2.15. The Kier molecular flexibility index (Phi) is 1.13. The highest BCUT2D eigenvalue weighted by molar-refractivity contribution is 5.18. The zero-order chi connectivity index (χ0) is 8.34. The molecule has 0 aromatic carbocycles. The fraction of sp³-hybridized carbons (Fsp3) is 0.778. The molecule has 0 saturated carbocycles. The highest BCUT2D eigenvalue weighted by Gasteiger charge is 2.56. The Hall–Kier alpha value is -0.380. The van der Waals surface area contributed by atoms with Gasteiger partial charge in [-0.05, 0) is 13.8 Å². The van der Waals surface area contributed by atoms with Gasteiger partial charge in [0.05, 0.1) is 0 Å². The molecule has 3 heteroatoms. The van der Waals surface area contributed by atoms with E-state index in [0.29, 0.717) is 6.10 Å². The van der Waals surface area contributed by atoms with Crippen molar-refractivity contribution in [1.29, 1.82) is 0 Å². The van der Waals surface area contributed by atoms with Crippen LogP contribution in [0.3, 0.4) is 0 Å². The summed E-state index contributed by atoms with van der Waals surface area (Å²) in [6.45, 7) is 3.88. The number of fused-ring (bicyclic) bond motifs is 3. The van der Waals surface area contributed by atoms with E-state index < -0.39 is 5.79 Å². The van der Waals surface area contributed by atoms with Crippen molar-refractivity contribution in [2.45, 2.75) is 44.1 Å². The van der Waals surface area contributed by atoms with Crippen molar-refractivity contribution in [1.82, 2.24) is 0 Å². The molecule has 1 unspecified atom stereocenters. The van der Waals surface area contributed by atoms with Crippen molar-refractivity contribution in [2.75, 3.05) is 0 Å². The number of rotatable bonds is 0. The summed E-state index contributed by atoms with van der Waals surface area (Å²) in [5, 5.41) is 0. The van der Waals surface area contributed by atoms with Crippen LogP contribution in [-0.4, -0.2) is 30.2 Å². The van der Waals surface area contributed by atoms with E-state index in [-0.39, 0.29) is 18.3 Å². The second-order valence-corrected chi connectivity index (χ2v) is 4.01. The van der Waals surface area contributed by atoms with Crippen LogP contribution in [0.2, 0.25) is 0 Å². The zero-order valence-corrected chi connectivity index (χ0v) is 7.19. The molecule has 0 bridgehead atoms. The lowest BCUT2D eigenvalue weighted by Crippen LogP contribution is -2.30. The van der Waals surface area contributed by atoms with Crippen molar-refractivity contribution < 1.29 is 14.2 Å². The average molecular weight is 168 g/mol. The Morgan fingerprint density at radius 1 is 1.00 bits per heavy atom. The zero-order valence-electron chi connectivity index (χ0n) is 7.19. The van der Waals surface area contributed by atoms with Crippen LogP contribution in [0, 0.1) is 0 Å². The van der Waals surface area contributed by atoms with Gasteiger partial charge in [-0.15, -0.1) is 0 Å². The van der Waals surface area contributed by atoms with Crippen molar-refractivity contribution >= 4 is 0 Å². The molecule has 2 heterocycles. The van der Waals surface area contributed by atoms with Crippen LogP contribution in [0.15, 0.2) is 12.2 Å². The maximum Gasteiger partial charge on any atom is 0.164 e. The van der Waals surface area contributed by atoms with Crippen molar-refractivity contribution in [2.24, 2.45) is 0 Å². The van der Waals surface area contributed by atoms with Crippen LogP contribution in [-0.2, 0) is 14.2 Å². The van der Waals surface area contributed by atoms with Gasteiger partial charge < -0.3 is 14.2 Å². The van der Waals surface area contributed by atoms with Crippen LogP contribution in [0.1, 0.15) is 13.8 Å². The molecular formula is C9H12O3. The van der Waals surface area contributed by atoms with Gasteiger partial charge in [0.15, 0.2) is 5.79 Å². The summed E-state index contributed by atoms with van der Waals surface area (Å²) in [7, 11) is 0. The third kappa shape index (κ3) is 0.873. The summed E-state index contributed by atoms with van der Waals surface area (Å²) < 4.78 is 16.8. The summed E-state index contributed by atoms with van der Waals surface area (Å²) in [4.78, 5) is 0. The van der Waals surface area contributed by atoms with Gasteiger partial charge in [-0.25, -0.2) is 0 Å². The number of hydrogen-bond donors (Lipinski definition) is 0. The molecule has 4 atom stereocenters. The molecule has 66 valence electrons. The standard InChI is InChI=1S/C9H12O3/c1-9(2)11-6-4-3-5-7(10-5)8(6)12-9/h3-8H,1-2H3/t5?,6-,7-,8-/m1/s1. The SMILES string of the molecule is CC1(C)O[C@H]2[C@@H]3OC3C=C[C@H]2O1. The average Bonchev–Trinajstić information content (AvgIpc) is 2.67. The Labute approximate surface area is 71.3 Å². The summed E-state index contributed by atoms with van der Waals surface area (Å²) in [6.07, 6.45) is 4.88. The van der Waals surface area contributed by atoms with Gasteiger partial charge in [-0.3, -0.25) is 0 Å². The van der Waals surface area contributed by atoms with Gasteiger partial charge in [0.25, 0.3) is 0 Å². The van der Waals surface area contributed by atoms with E-state index in [1.165, 1.54) is 0 Å². The fourth-order valence-electron chi connectivity index (χ4n) is 1.99. The molecule has 0 radical (unpaired) electrons. The predicted octanol–water partition coefficient (Wildman–Crippen LogP) is 0.844. The predicted molar refractivity (Wildman–Crippen MR) is 41.6 cm³/mol. The van der Waals surface area contributed by atoms with Crippen molar-refractivity contribution in [3.8, 4) is 0 Å². The minimum Gasteiger partial charge on any atom is -0.362 e. The molecule has 0 amide bonds. The second-order valence-electron chi connectivity index (χ2n) is 4.01. The van der Waals surface area contributed by atoms with E-state index in [2.05, 4.69) is 6.08 Å². The third-order valence-electron chi connectivity index (χ3n) is 2.54. The van der Waals surface area contributed by atoms with E-state index in [1.54, 1.807) is 0 Å². The largest absolute Gasteiger partial charge is 0.362 e. The molecular weight excluding hydrogens is 156 g/mol.